The molecule has 1 unspecified atom stereocenters. The van der Waals surface area contributed by atoms with Crippen LogP contribution in [0.3, 0.4) is 0 Å². The zero-order valence-electron chi connectivity index (χ0n) is 14.1. The number of hydrogen-bond acceptors (Lipinski definition) is 2. The van der Waals surface area contributed by atoms with Crippen molar-refractivity contribution >= 4 is 29.9 Å². The molecule has 1 fully saturated rings. The molecule has 1 aromatic rings. The van der Waals surface area contributed by atoms with E-state index >= 15 is 0 Å². The Labute approximate surface area is 151 Å². The van der Waals surface area contributed by atoms with Gasteiger partial charge >= 0.3 is 0 Å². The molecule has 1 N–H and O–H groups in total. The summed E-state index contributed by atoms with van der Waals surface area (Å²) in [5, 5.41) is 3.40. The summed E-state index contributed by atoms with van der Waals surface area (Å²) in [7, 11) is 1.85. The Morgan fingerprint density at radius 3 is 2.82 bits per heavy atom. The maximum Gasteiger partial charge on any atom is 0.193 e. The number of benzene rings is 1. The van der Waals surface area contributed by atoms with E-state index < -0.39 is 0 Å². The van der Waals surface area contributed by atoms with Crippen LogP contribution in [0.2, 0.25) is 0 Å². The Balaban J connectivity index is 0.00000242. The SMILES string of the molecule is CCCNC(=NC)N1CCOC(c2ccc(C)cc2C)C1.I. The molecule has 1 aromatic carbocycles. The van der Waals surface area contributed by atoms with Crippen molar-refractivity contribution in [2.24, 2.45) is 4.99 Å². The first-order valence-corrected chi connectivity index (χ1v) is 7.80. The molecule has 0 bridgehead atoms. The van der Waals surface area contributed by atoms with Crippen molar-refractivity contribution in [1.82, 2.24) is 10.2 Å². The van der Waals surface area contributed by atoms with Crippen LogP contribution < -0.4 is 5.32 Å². The summed E-state index contributed by atoms with van der Waals surface area (Å²) >= 11 is 0. The van der Waals surface area contributed by atoms with Gasteiger partial charge in [-0.05, 0) is 31.4 Å². The lowest BCUT2D eigenvalue weighted by Crippen LogP contribution is -2.48. The Bertz CT molecular complexity index is 505. The minimum atomic E-state index is 0. The summed E-state index contributed by atoms with van der Waals surface area (Å²) in [5.41, 5.74) is 3.89. The smallest absolute Gasteiger partial charge is 0.193 e. The van der Waals surface area contributed by atoms with Crippen LogP contribution in [0.25, 0.3) is 0 Å². The molecular formula is C17H28IN3O. The molecule has 0 saturated carbocycles. The number of aryl methyl sites for hydroxylation is 2. The highest BCUT2D eigenvalue weighted by atomic mass is 127. The molecule has 1 saturated heterocycles. The third kappa shape index (κ3) is 4.84. The Morgan fingerprint density at radius 1 is 1.41 bits per heavy atom. The van der Waals surface area contributed by atoms with E-state index in [1.807, 2.05) is 7.05 Å². The predicted molar refractivity (Wildman–Crippen MR) is 103 cm³/mol. The van der Waals surface area contributed by atoms with Crippen molar-refractivity contribution in [2.75, 3.05) is 33.3 Å². The number of rotatable bonds is 3. The van der Waals surface area contributed by atoms with Gasteiger partial charge in [0.15, 0.2) is 5.96 Å². The minimum Gasteiger partial charge on any atom is -0.370 e. The van der Waals surface area contributed by atoms with Gasteiger partial charge in [-0.25, -0.2) is 0 Å². The first-order chi connectivity index (χ1) is 10.2. The fraction of sp³-hybridized carbons (Fsp3) is 0.588. The second-order valence-electron chi connectivity index (χ2n) is 5.64. The van der Waals surface area contributed by atoms with E-state index in [9.17, 15) is 0 Å². The third-order valence-corrected chi connectivity index (χ3v) is 3.88. The molecule has 2 rings (SSSR count). The number of hydrogen-bond donors (Lipinski definition) is 1. The van der Waals surface area contributed by atoms with Crippen molar-refractivity contribution in [2.45, 2.75) is 33.3 Å². The lowest BCUT2D eigenvalue weighted by atomic mass is 10.00. The molecule has 1 aliphatic rings. The topological polar surface area (TPSA) is 36.9 Å². The van der Waals surface area contributed by atoms with E-state index in [0.29, 0.717) is 0 Å². The van der Waals surface area contributed by atoms with Gasteiger partial charge in [-0.3, -0.25) is 4.99 Å². The van der Waals surface area contributed by atoms with Crippen LogP contribution in [0.15, 0.2) is 23.2 Å². The van der Waals surface area contributed by atoms with Gasteiger partial charge in [-0.2, -0.15) is 0 Å². The number of halogens is 1. The van der Waals surface area contributed by atoms with Crippen LogP contribution in [0, 0.1) is 13.8 Å². The maximum absolute atomic E-state index is 5.99. The van der Waals surface area contributed by atoms with Crippen LogP contribution in [-0.4, -0.2) is 44.1 Å². The highest BCUT2D eigenvalue weighted by molar-refractivity contribution is 14.0. The van der Waals surface area contributed by atoms with Crippen molar-refractivity contribution in [3.05, 3.63) is 34.9 Å². The minimum absolute atomic E-state index is 0. The van der Waals surface area contributed by atoms with E-state index in [4.69, 9.17) is 4.74 Å². The summed E-state index contributed by atoms with van der Waals surface area (Å²) in [4.78, 5) is 6.68. The molecule has 22 heavy (non-hydrogen) atoms. The second kappa shape index (κ2) is 9.35. The lowest BCUT2D eigenvalue weighted by Gasteiger charge is -2.35. The van der Waals surface area contributed by atoms with Gasteiger partial charge in [0, 0.05) is 20.1 Å². The third-order valence-electron chi connectivity index (χ3n) is 3.88. The summed E-state index contributed by atoms with van der Waals surface area (Å²) in [6, 6.07) is 6.58. The number of nitrogens with one attached hydrogen (secondary N) is 1. The monoisotopic (exact) mass is 417 g/mol. The molecular weight excluding hydrogens is 389 g/mol. The van der Waals surface area contributed by atoms with E-state index in [1.54, 1.807) is 0 Å². The van der Waals surface area contributed by atoms with E-state index in [2.05, 4.69) is 54.2 Å². The fourth-order valence-corrected chi connectivity index (χ4v) is 2.79. The predicted octanol–water partition coefficient (Wildman–Crippen LogP) is 3.28. The molecule has 0 radical (unpaired) electrons. The van der Waals surface area contributed by atoms with Crippen LogP contribution >= 0.6 is 24.0 Å². The van der Waals surface area contributed by atoms with Gasteiger partial charge in [-0.1, -0.05) is 30.7 Å². The van der Waals surface area contributed by atoms with Crippen LogP contribution in [-0.2, 0) is 4.74 Å². The van der Waals surface area contributed by atoms with Crippen LogP contribution in [0.5, 0.6) is 0 Å². The highest BCUT2D eigenvalue weighted by Gasteiger charge is 2.25. The van der Waals surface area contributed by atoms with Crippen LogP contribution in [0.1, 0.15) is 36.1 Å². The summed E-state index contributed by atoms with van der Waals surface area (Å²) in [6.07, 6.45) is 1.23. The first-order valence-electron chi connectivity index (χ1n) is 7.80. The quantitative estimate of drug-likeness (QED) is 0.466. The van der Waals surface area contributed by atoms with E-state index in [1.165, 1.54) is 16.7 Å². The molecule has 0 spiro atoms. The number of aliphatic imine (C=N–C) groups is 1. The van der Waals surface area contributed by atoms with Crippen LogP contribution in [0.4, 0.5) is 0 Å². The van der Waals surface area contributed by atoms with E-state index in [0.717, 1.165) is 38.6 Å². The average Bonchev–Trinajstić information content (AvgIpc) is 2.48. The number of ether oxygens (including phenoxy) is 1. The van der Waals surface area contributed by atoms with Gasteiger partial charge in [0.1, 0.15) is 6.10 Å². The Morgan fingerprint density at radius 2 is 2.18 bits per heavy atom. The standard InChI is InChI=1S/C17H27N3O.HI/c1-5-8-19-17(18-4)20-9-10-21-16(12-20)15-7-6-13(2)11-14(15)3;/h6-7,11,16H,5,8-10,12H2,1-4H3,(H,18,19);1H. The maximum atomic E-state index is 5.99. The molecule has 4 nitrogen and oxygen atoms in total. The highest BCUT2D eigenvalue weighted by Crippen LogP contribution is 2.25. The second-order valence-corrected chi connectivity index (χ2v) is 5.64. The van der Waals surface area contributed by atoms with Gasteiger partial charge < -0.3 is 15.0 Å². The molecule has 0 aliphatic carbocycles. The number of nitrogens with zero attached hydrogens (tertiary/aromatic N) is 2. The molecule has 0 amide bonds. The average molecular weight is 417 g/mol. The molecule has 124 valence electrons. The Kier molecular flexibility index (Phi) is 8.17. The van der Waals surface area contributed by atoms with E-state index in [-0.39, 0.29) is 30.1 Å². The van der Waals surface area contributed by atoms with Gasteiger partial charge in [0.25, 0.3) is 0 Å². The normalized spacial score (nSPS) is 18.8. The van der Waals surface area contributed by atoms with Crippen molar-refractivity contribution in [3.63, 3.8) is 0 Å². The number of guanidine groups is 1. The summed E-state index contributed by atoms with van der Waals surface area (Å²) < 4.78 is 5.99. The first kappa shape index (κ1) is 19.2. The van der Waals surface area contributed by atoms with Crippen molar-refractivity contribution < 1.29 is 4.74 Å². The molecule has 0 aromatic heterocycles. The summed E-state index contributed by atoms with van der Waals surface area (Å²) in [5.74, 6) is 0.981. The zero-order valence-corrected chi connectivity index (χ0v) is 16.4. The van der Waals surface area contributed by atoms with Gasteiger partial charge in [0.05, 0.1) is 13.2 Å². The molecule has 5 heteroatoms. The lowest BCUT2D eigenvalue weighted by molar-refractivity contribution is -0.00830. The van der Waals surface area contributed by atoms with Crippen molar-refractivity contribution in [1.29, 1.82) is 0 Å². The van der Waals surface area contributed by atoms with Gasteiger partial charge in [0.2, 0.25) is 0 Å². The fourth-order valence-electron chi connectivity index (χ4n) is 2.79. The molecule has 1 heterocycles. The summed E-state index contributed by atoms with van der Waals surface area (Å²) in [6.45, 7) is 9.90. The largest absolute Gasteiger partial charge is 0.370 e. The Hall–Kier alpha value is -0.820. The zero-order chi connectivity index (χ0) is 15.2. The van der Waals surface area contributed by atoms with Crippen molar-refractivity contribution in [3.8, 4) is 0 Å². The molecule has 1 atom stereocenters. The number of morpholine rings is 1. The molecule has 1 aliphatic heterocycles. The van der Waals surface area contributed by atoms with Gasteiger partial charge in [-0.15, -0.1) is 24.0 Å².